The van der Waals surface area contributed by atoms with Gasteiger partial charge in [-0.15, -0.1) is 0 Å². The Morgan fingerprint density at radius 2 is 2.18 bits per heavy atom. The Labute approximate surface area is 100 Å². The summed E-state index contributed by atoms with van der Waals surface area (Å²) in [4.78, 5) is 1.77. The minimum absolute atomic E-state index is 0.00854. The first-order valence-electron chi connectivity index (χ1n) is 5.99. The molecule has 17 heavy (non-hydrogen) atoms. The summed E-state index contributed by atoms with van der Waals surface area (Å²) in [6.07, 6.45) is -0.397. The van der Waals surface area contributed by atoms with Crippen LogP contribution >= 0.6 is 0 Å². The molecule has 2 N–H and O–H groups in total. The number of alkyl halides is 2. The fourth-order valence-electron chi connectivity index (χ4n) is 2.33. The summed E-state index contributed by atoms with van der Waals surface area (Å²) >= 11 is 0. The van der Waals surface area contributed by atoms with Crippen LogP contribution in [0.25, 0.3) is 0 Å². The zero-order valence-electron chi connectivity index (χ0n) is 10.00. The van der Waals surface area contributed by atoms with E-state index in [1.54, 1.807) is 4.90 Å². The van der Waals surface area contributed by atoms with Crippen LogP contribution in [0.5, 0.6) is 0 Å². The summed E-state index contributed by atoms with van der Waals surface area (Å²) in [7, 11) is 0. The van der Waals surface area contributed by atoms with Gasteiger partial charge in [-0.2, -0.15) is 0 Å². The third-order valence-corrected chi connectivity index (χ3v) is 3.20. The maximum Gasteiger partial charge on any atom is 0.255 e. The molecule has 0 aromatic heterocycles. The molecule has 2 rings (SSSR count). The van der Waals surface area contributed by atoms with Crippen molar-refractivity contribution in [3.05, 3.63) is 29.3 Å². The number of nitrogens with two attached hydrogens (primary N) is 1. The summed E-state index contributed by atoms with van der Waals surface area (Å²) in [5.74, 6) is 0. The van der Waals surface area contributed by atoms with Gasteiger partial charge in [-0.25, -0.2) is 8.78 Å². The molecule has 0 saturated carbocycles. The number of benzene rings is 1. The number of hydrogen-bond donors (Lipinski definition) is 1. The third-order valence-electron chi connectivity index (χ3n) is 3.20. The molecule has 1 heterocycles. The van der Waals surface area contributed by atoms with E-state index in [2.05, 4.69) is 6.07 Å². The highest BCUT2D eigenvalue weighted by Crippen LogP contribution is 2.29. The van der Waals surface area contributed by atoms with E-state index < -0.39 is 6.43 Å². The van der Waals surface area contributed by atoms with Crippen LogP contribution in [0, 0.1) is 0 Å². The molecule has 0 bridgehead atoms. The Morgan fingerprint density at radius 3 is 2.82 bits per heavy atom. The Bertz CT molecular complexity index is 391. The van der Waals surface area contributed by atoms with E-state index in [0.717, 1.165) is 36.2 Å². The molecule has 0 fully saturated rings. The molecule has 4 heteroatoms. The van der Waals surface area contributed by atoms with Crippen molar-refractivity contribution in [2.75, 3.05) is 18.0 Å². The second kappa shape index (κ2) is 5.00. The predicted molar refractivity (Wildman–Crippen MR) is 65.6 cm³/mol. The summed E-state index contributed by atoms with van der Waals surface area (Å²) in [6.45, 7) is 2.47. The van der Waals surface area contributed by atoms with Gasteiger partial charge in [0, 0.05) is 18.3 Å². The largest absolute Gasteiger partial charge is 0.366 e. The Kier molecular flexibility index (Phi) is 3.62. The van der Waals surface area contributed by atoms with Gasteiger partial charge in [-0.3, -0.25) is 0 Å². The summed E-state index contributed by atoms with van der Waals surface area (Å²) < 4.78 is 24.9. The van der Waals surface area contributed by atoms with Gasteiger partial charge in [0.25, 0.3) is 6.43 Å². The van der Waals surface area contributed by atoms with Gasteiger partial charge >= 0.3 is 0 Å². The van der Waals surface area contributed by atoms with Crippen LogP contribution in [0.3, 0.4) is 0 Å². The molecule has 1 unspecified atom stereocenters. The second-order valence-corrected chi connectivity index (χ2v) is 4.62. The van der Waals surface area contributed by atoms with E-state index in [0.29, 0.717) is 0 Å². The molecule has 1 aromatic carbocycles. The number of hydrogen-bond acceptors (Lipinski definition) is 2. The monoisotopic (exact) mass is 240 g/mol. The number of rotatable bonds is 3. The van der Waals surface area contributed by atoms with Crippen LogP contribution in [0.1, 0.15) is 30.5 Å². The lowest BCUT2D eigenvalue weighted by Crippen LogP contribution is -2.33. The molecular formula is C13H18F2N2. The van der Waals surface area contributed by atoms with Crippen LogP contribution in [-0.4, -0.2) is 19.5 Å². The van der Waals surface area contributed by atoms with Gasteiger partial charge < -0.3 is 10.6 Å². The average molecular weight is 240 g/mol. The summed E-state index contributed by atoms with van der Waals surface area (Å²) in [5, 5.41) is 0. The molecule has 1 aromatic rings. The molecule has 0 spiro atoms. The van der Waals surface area contributed by atoms with Crippen molar-refractivity contribution in [1.82, 2.24) is 0 Å². The first-order chi connectivity index (χ1) is 8.08. The van der Waals surface area contributed by atoms with E-state index in [-0.39, 0.29) is 12.6 Å². The SMILES string of the molecule is CC(N)c1ccc2c(c1)CCCN2CC(F)F. The van der Waals surface area contributed by atoms with Crippen molar-refractivity contribution in [1.29, 1.82) is 0 Å². The highest BCUT2D eigenvalue weighted by molar-refractivity contribution is 5.57. The quantitative estimate of drug-likeness (QED) is 0.880. The minimum atomic E-state index is -2.28. The predicted octanol–water partition coefficient (Wildman–Crippen LogP) is 2.72. The number of halogens is 2. The van der Waals surface area contributed by atoms with Crippen molar-refractivity contribution in [2.45, 2.75) is 32.2 Å². The maximum atomic E-state index is 12.5. The van der Waals surface area contributed by atoms with Crippen molar-refractivity contribution < 1.29 is 8.78 Å². The first-order valence-corrected chi connectivity index (χ1v) is 5.99. The molecule has 1 aliphatic rings. The van der Waals surface area contributed by atoms with Crippen LogP contribution in [0.15, 0.2) is 18.2 Å². The van der Waals surface area contributed by atoms with Crippen LogP contribution < -0.4 is 10.6 Å². The summed E-state index contributed by atoms with van der Waals surface area (Å²) in [5.41, 5.74) is 8.99. The zero-order valence-corrected chi connectivity index (χ0v) is 10.00. The van der Waals surface area contributed by atoms with Crippen LogP contribution in [0.4, 0.5) is 14.5 Å². The number of nitrogens with zero attached hydrogens (tertiary/aromatic N) is 1. The lowest BCUT2D eigenvalue weighted by atomic mass is 9.97. The highest BCUT2D eigenvalue weighted by Gasteiger charge is 2.20. The minimum Gasteiger partial charge on any atom is -0.366 e. The first kappa shape index (κ1) is 12.3. The van der Waals surface area contributed by atoms with Crippen molar-refractivity contribution in [2.24, 2.45) is 5.73 Å². The highest BCUT2D eigenvalue weighted by atomic mass is 19.3. The molecule has 0 saturated heterocycles. The van der Waals surface area contributed by atoms with Gasteiger partial charge in [-0.05, 0) is 37.0 Å². The number of anilines is 1. The topological polar surface area (TPSA) is 29.3 Å². The standard InChI is InChI=1S/C13H18F2N2/c1-9(16)10-4-5-12-11(7-10)3-2-6-17(12)8-13(14)15/h4-5,7,9,13H,2-3,6,8,16H2,1H3. The normalized spacial score (nSPS) is 17.1. The van der Waals surface area contributed by atoms with E-state index in [4.69, 9.17) is 5.73 Å². The van der Waals surface area contributed by atoms with E-state index >= 15 is 0 Å². The molecular weight excluding hydrogens is 222 g/mol. The van der Waals surface area contributed by atoms with Gasteiger partial charge in [0.1, 0.15) is 0 Å². The lowest BCUT2D eigenvalue weighted by molar-refractivity contribution is 0.154. The molecule has 0 radical (unpaired) electrons. The Morgan fingerprint density at radius 1 is 1.41 bits per heavy atom. The van der Waals surface area contributed by atoms with Crippen LogP contribution in [-0.2, 0) is 6.42 Å². The second-order valence-electron chi connectivity index (χ2n) is 4.62. The van der Waals surface area contributed by atoms with Gasteiger partial charge in [0.15, 0.2) is 0 Å². The maximum absolute atomic E-state index is 12.5. The molecule has 0 amide bonds. The summed E-state index contributed by atoms with van der Waals surface area (Å²) in [6, 6.07) is 5.91. The Hall–Kier alpha value is -1.16. The van der Waals surface area contributed by atoms with Crippen molar-refractivity contribution in [3.63, 3.8) is 0 Å². The smallest absolute Gasteiger partial charge is 0.255 e. The number of fused-ring (bicyclic) bond motifs is 1. The molecule has 2 nitrogen and oxygen atoms in total. The molecule has 1 aliphatic heterocycles. The van der Waals surface area contributed by atoms with Gasteiger partial charge in [-0.1, -0.05) is 12.1 Å². The van der Waals surface area contributed by atoms with Crippen molar-refractivity contribution >= 4 is 5.69 Å². The fourth-order valence-corrected chi connectivity index (χ4v) is 2.33. The van der Waals surface area contributed by atoms with E-state index in [1.165, 1.54) is 0 Å². The average Bonchev–Trinajstić information content (AvgIpc) is 2.28. The van der Waals surface area contributed by atoms with E-state index in [9.17, 15) is 8.78 Å². The lowest BCUT2D eigenvalue weighted by Gasteiger charge is -2.31. The third kappa shape index (κ3) is 2.75. The van der Waals surface area contributed by atoms with Gasteiger partial charge in [0.05, 0.1) is 6.54 Å². The van der Waals surface area contributed by atoms with Crippen LogP contribution in [0.2, 0.25) is 0 Å². The molecule has 94 valence electrons. The molecule has 1 atom stereocenters. The number of aryl methyl sites for hydroxylation is 1. The zero-order chi connectivity index (χ0) is 12.4. The Balaban J connectivity index is 2.27. The van der Waals surface area contributed by atoms with E-state index in [1.807, 2.05) is 19.1 Å². The van der Waals surface area contributed by atoms with Gasteiger partial charge in [0.2, 0.25) is 0 Å². The fraction of sp³-hybridized carbons (Fsp3) is 0.538. The van der Waals surface area contributed by atoms with Crippen molar-refractivity contribution in [3.8, 4) is 0 Å². The molecule has 0 aliphatic carbocycles.